The third kappa shape index (κ3) is 5.21. The van der Waals surface area contributed by atoms with Gasteiger partial charge in [-0.05, 0) is 38.5 Å². The summed E-state index contributed by atoms with van der Waals surface area (Å²) >= 11 is 0. The first kappa shape index (κ1) is 20.7. The standard InChI is InChI=1S/C19H21N5O4/c1-19(2,3)28-18(26)22-14(17(25)27-8-7-20)10-12-5-6-16-13(9-12)15(11-21)23-24(16)4/h5-6,9,14H,8,10H2,1-4H3,(H,22,26)/t14-/m0/s1. The van der Waals surface area contributed by atoms with Gasteiger partial charge in [-0.25, -0.2) is 9.59 Å². The monoisotopic (exact) mass is 383 g/mol. The Morgan fingerprint density at radius 2 is 2.04 bits per heavy atom. The van der Waals surface area contributed by atoms with Gasteiger partial charge in [0.05, 0.1) is 5.52 Å². The van der Waals surface area contributed by atoms with E-state index in [0.717, 1.165) is 5.52 Å². The van der Waals surface area contributed by atoms with Crippen LogP contribution < -0.4 is 5.32 Å². The Bertz CT molecular complexity index is 975. The summed E-state index contributed by atoms with van der Waals surface area (Å²) in [6.07, 6.45) is -0.675. The fourth-order valence-electron chi connectivity index (χ4n) is 2.61. The van der Waals surface area contributed by atoms with E-state index in [-0.39, 0.29) is 12.1 Å². The molecule has 0 saturated heterocycles. The zero-order valence-corrected chi connectivity index (χ0v) is 16.1. The van der Waals surface area contributed by atoms with Gasteiger partial charge in [-0.3, -0.25) is 4.68 Å². The van der Waals surface area contributed by atoms with Crippen LogP contribution in [0, 0.1) is 22.7 Å². The van der Waals surface area contributed by atoms with Crippen molar-refractivity contribution in [1.29, 1.82) is 10.5 Å². The summed E-state index contributed by atoms with van der Waals surface area (Å²) < 4.78 is 11.6. The number of fused-ring (bicyclic) bond motifs is 1. The number of hydrogen-bond donors (Lipinski definition) is 1. The predicted molar refractivity (Wildman–Crippen MR) is 98.9 cm³/mol. The van der Waals surface area contributed by atoms with Gasteiger partial charge in [0.1, 0.15) is 23.8 Å². The molecule has 1 atom stereocenters. The molecule has 9 nitrogen and oxygen atoms in total. The van der Waals surface area contributed by atoms with E-state index in [1.807, 2.05) is 6.07 Å². The summed E-state index contributed by atoms with van der Waals surface area (Å²) in [4.78, 5) is 24.4. The average Bonchev–Trinajstić information content (AvgIpc) is 2.93. The van der Waals surface area contributed by atoms with Crippen molar-refractivity contribution in [2.75, 3.05) is 6.61 Å². The number of nitrogens with one attached hydrogen (secondary N) is 1. The number of alkyl carbamates (subject to hydrolysis) is 1. The zero-order valence-electron chi connectivity index (χ0n) is 16.1. The largest absolute Gasteiger partial charge is 0.449 e. The van der Waals surface area contributed by atoms with Crippen molar-refractivity contribution < 1.29 is 19.1 Å². The molecule has 146 valence electrons. The van der Waals surface area contributed by atoms with E-state index in [4.69, 9.17) is 14.7 Å². The predicted octanol–water partition coefficient (Wildman–Crippen LogP) is 1.95. The number of ether oxygens (including phenoxy) is 2. The van der Waals surface area contributed by atoms with E-state index in [9.17, 15) is 14.9 Å². The van der Waals surface area contributed by atoms with E-state index in [1.54, 1.807) is 56.8 Å². The smallest absolute Gasteiger partial charge is 0.408 e. The number of carbonyl (C=O) groups is 2. The zero-order chi connectivity index (χ0) is 20.9. The molecule has 1 heterocycles. The molecular weight excluding hydrogens is 362 g/mol. The Labute approximate surface area is 162 Å². The molecule has 9 heteroatoms. The lowest BCUT2D eigenvalue weighted by Gasteiger charge is -2.22. The second-order valence-electron chi connectivity index (χ2n) is 7.10. The number of nitrogens with zero attached hydrogens (tertiary/aromatic N) is 4. The SMILES string of the molecule is Cn1nc(C#N)c2cc(C[C@H](NC(=O)OC(C)(C)C)C(=O)OCC#N)ccc21. The lowest BCUT2D eigenvalue weighted by Crippen LogP contribution is -2.45. The van der Waals surface area contributed by atoms with Gasteiger partial charge in [-0.2, -0.15) is 15.6 Å². The van der Waals surface area contributed by atoms with E-state index in [0.29, 0.717) is 10.9 Å². The van der Waals surface area contributed by atoms with Crippen LogP contribution in [0.2, 0.25) is 0 Å². The number of amides is 1. The van der Waals surface area contributed by atoms with Gasteiger partial charge in [0.2, 0.25) is 0 Å². The molecule has 0 spiro atoms. The summed E-state index contributed by atoms with van der Waals surface area (Å²) in [7, 11) is 1.73. The van der Waals surface area contributed by atoms with Crippen LogP contribution >= 0.6 is 0 Å². The molecule has 0 fully saturated rings. The normalized spacial score (nSPS) is 11.9. The van der Waals surface area contributed by atoms with Gasteiger partial charge >= 0.3 is 12.1 Å². The first-order valence-electron chi connectivity index (χ1n) is 8.53. The number of aryl methyl sites for hydroxylation is 1. The molecule has 1 N–H and O–H groups in total. The van der Waals surface area contributed by atoms with Crippen LogP contribution in [0.4, 0.5) is 4.79 Å². The molecule has 0 saturated carbocycles. The minimum atomic E-state index is -1.05. The maximum atomic E-state index is 12.3. The van der Waals surface area contributed by atoms with Gasteiger partial charge in [0.25, 0.3) is 0 Å². The number of carbonyl (C=O) groups excluding carboxylic acids is 2. The van der Waals surface area contributed by atoms with Crippen LogP contribution in [0.3, 0.4) is 0 Å². The molecular formula is C19H21N5O4. The van der Waals surface area contributed by atoms with Crippen molar-refractivity contribution in [3.63, 3.8) is 0 Å². The fourth-order valence-corrected chi connectivity index (χ4v) is 2.61. The Balaban J connectivity index is 2.27. The van der Waals surface area contributed by atoms with Gasteiger partial charge in [0, 0.05) is 18.9 Å². The fraction of sp³-hybridized carbons (Fsp3) is 0.421. The third-order valence-corrected chi connectivity index (χ3v) is 3.71. The number of nitriles is 2. The summed E-state index contributed by atoms with van der Waals surface area (Å²) in [6.45, 7) is 4.69. The first-order valence-corrected chi connectivity index (χ1v) is 8.53. The molecule has 0 aliphatic carbocycles. The molecule has 1 aromatic heterocycles. The van der Waals surface area contributed by atoms with E-state index >= 15 is 0 Å². The van der Waals surface area contributed by atoms with E-state index in [2.05, 4.69) is 10.4 Å². The molecule has 0 aliphatic heterocycles. The highest BCUT2D eigenvalue weighted by atomic mass is 16.6. The molecule has 2 rings (SSSR count). The number of hydrogen-bond acceptors (Lipinski definition) is 7. The van der Waals surface area contributed by atoms with Gasteiger partial charge in [-0.15, -0.1) is 0 Å². The average molecular weight is 383 g/mol. The highest BCUT2D eigenvalue weighted by Gasteiger charge is 2.26. The van der Waals surface area contributed by atoms with Gasteiger partial charge in [0.15, 0.2) is 12.3 Å². The minimum Gasteiger partial charge on any atom is -0.449 e. The van der Waals surface area contributed by atoms with Crippen LogP contribution in [0.1, 0.15) is 32.0 Å². The van der Waals surface area contributed by atoms with Crippen molar-refractivity contribution in [2.45, 2.75) is 38.8 Å². The molecule has 1 amide bonds. The highest BCUT2D eigenvalue weighted by molar-refractivity contribution is 5.86. The topological polar surface area (TPSA) is 130 Å². The molecule has 0 radical (unpaired) electrons. The van der Waals surface area contributed by atoms with E-state index < -0.39 is 30.3 Å². The third-order valence-electron chi connectivity index (χ3n) is 3.71. The van der Waals surface area contributed by atoms with Crippen molar-refractivity contribution in [1.82, 2.24) is 15.1 Å². The first-order chi connectivity index (χ1) is 13.1. The number of rotatable bonds is 5. The van der Waals surface area contributed by atoms with Crippen molar-refractivity contribution in [2.24, 2.45) is 7.05 Å². The number of aromatic nitrogens is 2. The lowest BCUT2D eigenvalue weighted by molar-refractivity contribution is -0.144. The van der Waals surface area contributed by atoms with E-state index in [1.165, 1.54) is 0 Å². The van der Waals surface area contributed by atoms with Crippen LogP contribution in [0.25, 0.3) is 10.9 Å². The van der Waals surface area contributed by atoms with Crippen LogP contribution in [-0.4, -0.2) is 40.1 Å². The van der Waals surface area contributed by atoms with Crippen molar-refractivity contribution >= 4 is 23.0 Å². The van der Waals surface area contributed by atoms with Crippen LogP contribution in [-0.2, 0) is 27.7 Å². The molecule has 2 aromatic rings. The summed E-state index contributed by atoms with van der Waals surface area (Å²) in [5.41, 5.74) is 0.987. The Kier molecular flexibility index (Phi) is 6.22. The van der Waals surface area contributed by atoms with Crippen LogP contribution in [0.5, 0.6) is 0 Å². The Morgan fingerprint density at radius 1 is 1.32 bits per heavy atom. The number of esters is 1. The molecule has 28 heavy (non-hydrogen) atoms. The molecule has 0 unspecified atom stereocenters. The quantitative estimate of drug-likeness (QED) is 0.781. The van der Waals surface area contributed by atoms with Crippen molar-refractivity contribution in [3.8, 4) is 12.1 Å². The van der Waals surface area contributed by atoms with Crippen molar-refractivity contribution in [3.05, 3.63) is 29.5 Å². The van der Waals surface area contributed by atoms with Crippen LogP contribution in [0.15, 0.2) is 18.2 Å². The molecule has 0 bridgehead atoms. The summed E-state index contributed by atoms with van der Waals surface area (Å²) in [6, 6.07) is 7.98. The maximum absolute atomic E-state index is 12.3. The summed E-state index contributed by atoms with van der Waals surface area (Å²) in [5, 5.41) is 25.1. The maximum Gasteiger partial charge on any atom is 0.408 e. The Hall–Kier alpha value is -3.59. The number of benzene rings is 1. The van der Waals surface area contributed by atoms with Gasteiger partial charge < -0.3 is 14.8 Å². The molecule has 1 aromatic carbocycles. The Morgan fingerprint density at radius 3 is 2.64 bits per heavy atom. The second-order valence-corrected chi connectivity index (χ2v) is 7.10. The van der Waals surface area contributed by atoms with Gasteiger partial charge in [-0.1, -0.05) is 6.07 Å². The molecule has 0 aliphatic rings. The minimum absolute atomic E-state index is 0.0964. The lowest BCUT2D eigenvalue weighted by atomic mass is 10.0. The second kappa shape index (κ2) is 8.40. The summed E-state index contributed by atoms with van der Waals surface area (Å²) in [5.74, 6) is -0.751. The highest BCUT2D eigenvalue weighted by Crippen LogP contribution is 2.20.